The summed E-state index contributed by atoms with van der Waals surface area (Å²) in [6, 6.07) is 55.4. The van der Waals surface area contributed by atoms with Gasteiger partial charge in [-0.25, -0.2) is 0 Å². The van der Waals surface area contributed by atoms with E-state index in [1.807, 2.05) is 103 Å². The molecule has 9 rings (SSSR count). The Kier molecular flexibility index (Phi) is 10.8. The van der Waals surface area contributed by atoms with E-state index >= 15 is 0 Å². The number of hydrogen-bond donors (Lipinski definition) is 1. The van der Waals surface area contributed by atoms with Crippen molar-refractivity contribution < 1.29 is 30.0 Å². The summed E-state index contributed by atoms with van der Waals surface area (Å²) in [6.45, 7) is 1.40. The zero-order chi connectivity index (χ0) is 34.3. The molecule has 0 aliphatic carbocycles. The summed E-state index contributed by atoms with van der Waals surface area (Å²) >= 11 is 0. The Morgan fingerprint density at radius 1 is 0.549 bits per heavy atom. The van der Waals surface area contributed by atoms with Crippen molar-refractivity contribution in [2.75, 3.05) is 0 Å². The summed E-state index contributed by atoms with van der Waals surface area (Å²) in [5.74, 6) is -0.139. The summed E-state index contributed by atoms with van der Waals surface area (Å²) in [5, 5.41) is 31.9. The first-order valence-electron chi connectivity index (χ1n) is 15.9. The molecule has 2 heterocycles. The smallest absolute Gasteiger partial charge is 0.156 e. The van der Waals surface area contributed by atoms with Gasteiger partial charge < -0.3 is 5.11 Å². The molecule has 251 valence electrons. The molecule has 8 nitrogen and oxygen atoms in total. The third-order valence-electron chi connectivity index (χ3n) is 7.78. The number of benzene rings is 7. The van der Waals surface area contributed by atoms with Crippen LogP contribution < -0.4 is 0 Å². The van der Waals surface area contributed by atoms with E-state index in [0.717, 1.165) is 55.0 Å². The summed E-state index contributed by atoms with van der Waals surface area (Å²) < 4.78 is 0. The third kappa shape index (κ3) is 7.97. The van der Waals surface area contributed by atoms with Crippen LogP contribution in [0, 0.1) is 12.1 Å². The molecule has 1 radical (unpaired) electrons. The van der Waals surface area contributed by atoms with E-state index in [4.69, 9.17) is 0 Å². The van der Waals surface area contributed by atoms with Crippen LogP contribution in [-0.4, -0.2) is 40.9 Å². The molecule has 0 saturated carbocycles. The Bertz CT molecular complexity index is 2390. The Labute approximate surface area is 307 Å². The van der Waals surface area contributed by atoms with Crippen LogP contribution in [0.1, 0.15) is 12.5 Å². The third-order valence-corrected chi connectivity index (χ3v) is 7.78. The van der Waals surface area contributed by atoms with Gasteiger partial charge in [0.1, 0.15) is 27.8 Å². The van der Waals surface area contributed by atoms with Crippen LogP contribution >= 0.6 is 0 Å². The van der Waals surface area contributed by atoms with Gasteiger partial charge in [-0.3, -0.25) is 4.79 Å². The molecule has 0 spiro atoms. The Hall–Kier alpha value is -6.28. The second-order valence-electron chi connectivity index (χ2n) is 11.3. The maximum atomic E-state index is 10.6. The fourth-order valence-electron chi connectivity index (χ4n) is 5.43. The Morgan fingerprint density at radius 2 is 0.922 bits per heavy atom. The number of aliphatic hydroxyl groups excluding tert-OH is 1. The SMILES string of the molecule is CC(=O)/C=C(\O)c1ccccc1.[Ir].[c-]1ccc2ccccc2c1-n1nc2ccccc2n1.[c-]1ccc2ccccc2c1-n1nc2ccccc2n1. The molecule has 0 aliphatic heterocycles. The minimum Gasteiger partial charge on any atom is -0.507 e. The van der Waals surface area contributed by atoms with Crippen molar-refractivity contribution in [3.8, 4) is 11.4 Å². The van der Waals surface area contributed by atoms with Gasteiger partial charge in [0.25, 0.3) is 0 Å². The van der Waals surface area contributed by atoms with E-state index < -0.39 is 0 Å². The predicted octanol–water partition coefficient (Wildman–Crippen LogP) is 8.92. The van der Waals surface area contributed by atoms with Crippen LogP contribution in [0.2, 0.25) is 0 Å². The average Bonchev–Trinajstić information content (AvgIpc) is 3.80. The maximum Gasteiger partial charge on any atom is 0.156 e. The number of fused-ring (bicyclic) bond motifs is 4. The molecule has 51 heavy (non-hydrogen) atoms. The van der Waals surface area contributed by atoms with E-state index in [-0.39, 0.29) is 31.6 Å². The van der Waals surface area contributed by atoms with Crippen molar-refractivity contribution in [1.29, 1.82) is 0 Å². The molecule has 0 bridgehead atoms. The fraction of sp³-hybridized carbons (Fsp3) is 0.0238. The van der Waals surface area contributed by atoms with Crippen LogP contribution in [0.4, 0.5) is 0 Å². The van der Waals surface area contributed by atoms with Crippen LogP contribution in [0.25, 0.3) is 60.7 Å². The number of aliphatic hydroxyl groups is 1. The first-order chi connectivity index (χ1) is 24.5. The minimum absolute atomic E-state index is 0. The minimum atomic E-state index is -0.156. The molecule has 0 amide bonds. The van der Waals surface area contributed by atoms with Crippen molar-refractivity contribution in [2.24, 2.45) is 0 Å². The predicted molar refractivity (Wildman–Crippen MR) is 198 cm³/mol. The van der Waals surface area contributed by atoms with E-state index in [0.29, 0.717) is 5.56 Å². The molecule has 0 aliphatic rings. The number of aromatic nitrogens is 6. The maximum absolute atomic E-state index is 10.6. The molecule has 9 aromatic rings. The zero-order valence-electron chi connectivity index (χ0n) is 27.4. The molecule has 1 N–H and O–H groups in total. The van der Waals surface area contributed by atoms with Gasteiger partial charge in [0.2, 0.25) is 0 Å². The number of allylic oxidation sites excluding steroid dienone is 1. The van der Waals surface area contributed by atoms with Gasteiger partial charge in [0.15, 0.2) is 5.78 Å². The molecule has 2 aromatic heterocycles. The summed E-state index contributed by atoms with van der Waals surface area (Å²) in [5.41, 5.74) is 6.00. The molecule has 0 fully saturated rings. The number of ketones is 1. The topological polar surface area (TPSA) is 98.7 Å². The molecular weight excluding hydrogens is 813 g/mol. The normalized spacial score (nSPS) is 11.0. The Balaban J connectivity index is 0.000000135. The van der Waals surface area contributed by atoms with Crippen molar-refractivity contribution in [1.82, 2.24) is 30.0 Å². The van der Waals surface area contributed by atoms with Gasteiger partial charge in [-0.15, -0.1) is 33.7 Å². The average molecular weight is 843 g/mol. The summed E-state index contributed by atoms with van der Waals surface area (Å²) in [7, 11) is 0. The van der Waals surface area contributed by atoms with Crippen molar-refractivity contribution in [2.45, 2.75) is 6.92 Å². The van der Waals surface area contributed by atoms with Crippen LogP contribution in [0.3, 0.4) is 0 Å². The van der Waals surface area contributed by atoms with Gasteiger partial charge in [-0.1, -0.05) is 91.0 Å². The van der Waals surface area contributed by atoms with Gasteiger partial charge in [0, 0.05) is 31.7 Å². The quantitative estimate of drug-likeness (QED) is 0.108. The van der Waals surface area contributed by atoms with E-state index in [9.17, 15) is 9.90 Å². The van der Waals surface area contributed by atoms with Crippen LogP contribution in [-0.2, 0) is 24.9 Å². The fourth-order valence-corrected chi connectivity index (χ4v) is 5.43. The van der Waals surface area contributed by atoms with Gasteiger partial charge in [-0.2, -0.15) is 66.4 Å². The van der Waals surface area contributed by atoms with Crippen molar-refractivity contribution in [3.63, 3.8) is 0 Å². The second kappa shape index (κ2) is 16.0. The number of hydrogen-bond acceptors (Lipinski definition) is 6. The number of carbonyl (C=O) groups is 1. The molecule has 9 heteroatoms. The van der Waals surface area contributed by atoms with Crippen molar-refractivity contribution >= 4 is 55.2 Å². The number of nitrogens with zero attached hydrogens (tertiary/aromatic N) is 6. The molecule has 7 aromatic carbocycles. The van der Waals surface area contributed by atoms with Gasteiger partial charge >= 0.3 is 0 Å². The van der Waals surface area contributed by atoms with E-state index in [1.165, 1.54) is 13.0 Å². The van der Waals surface area contributed by atoms with Gasteiger partial charge in [0.05, 0.1) is 0 Å². The molecular formula is C42H30IrN6O2-2. The zero-order valence-corrected chi connectivity index (χ0v) is 29.8. The number of rotatable bonds is 4. The summed E-state index contributed by atoms with van der Waals surface area (Å²) in [6.07, 6.45) is 1.20. The molecule has 0 unspecified atom stereocenters. The number of carbonyl (C=O) groups excluding carboxylic acids is 1. The van der Waals surface area contributed by atoms with E-state index in [2.05, 4.69) is 56.8 Å². The Morgan fingerprint density at radius 3 is 1.33 bits per heavy atom. The first kappa shape index (κ1) is 34.6. The monoisotopic (exact) mass is 843 g/mol. The molecule has 0 atom stereocenters. The van der Waals surface area contributed by atoms with Crippen molar-refractivity contribution in [3.05, 3.63) is 175 Å². The van der Waals surface area contributed by atoms with Crippen LogP contribution in [0.15, 0.2) is 158 Å². The summed E-state index contributed by atoms with van der Waals surface area (Å²) in [4.78, 5) is 13.9. The standard InChI is InChI=1S/2C16H10N3.C10H10O2.Ir/c2*1-2-8-13-12(6-1)7-5-11-16(13)19-17-14-9-3-4-10-15(14)18-19;1-8(11)7-10(12)9-5-3-2-4-6-9;/h2*1-10H;2-7,12H,1H3;/q2*-1;;/b;;10-7-;. The van der Waals surface area contributed by atoms with Gasteiger partial charge in [-0.05, 0) is 42.6 Å². The molecule has 0 saturated heterocycles. The van der Waals surface area contributed by atoms with Crippen LogP contribution in [0.5, 0.6) is 0 Å². The van der Waals surface area contributed by atoms with E-state index in [1.54, 1.807) is 33.9 Å². The largest absolute Gasteiger partial charge is 0.507 e. The first-order valence-corrected chi connectivity index (χ1v) is 15.9. The second-order valence-corrected chi connectivity index (χ2v) is 11.3.